The summed E-state index contributed by atoms with van der Waals surface area (Å²) in [7, 11) is 2.08. The maximum absolute atomic E-state index is 11.6. The van der Waals surface area contributed by atoms with E-state index in [1.165, 1.54) is 31.2 Å². The van der Waals surface area contributed by atoms with Crippen LogP contribution in [0.1, 0.15) is 65.6 Å². The highest BCUT2D eigenvalue weighted by Gasteiger charge is 2.23. The minimum atomic E-state index is -0.0204. The molecule has 2 heterocycles. The van der Waals surface area contributed by atoms with Crippen molar-refractivity contribution in [2.75, 3.05) is 29.9 Å². The zero-order chi connectivity index (χ0) is 25.7. The van der Waals surface area contributed by atoms with E-state index in [-0.39, 0.29) is 11.3 Å². The van der Waals surface area contributed by atoms with Crippen molar-refractivity contribution >= 4 is 40.3 Å². The maximum Gasteiger partial charge on any atom is 0.224 e. The van der Waals surface area contributed by atoms with E-state index in [0.29, 0.717) is 6.42 Å². The number of anilines is 2. The van der Waals surface area contributed by atoms with E-state index in [1.807, 2.05) is 31.2 Å². The van der Waals surface area contributed by atoms with Crippen LogP contribution in [0.15, 0.2) is 47.4 Å². The lowest BCUT2D eigenvalue weighted by Crippen LogP contribution is -2.20. The Kier molecular flexibility index (Phi) is 8.62. The quantitative estimate of drug-likeness (QED) is 0.314. The molecule has 0 aliphatic carbocycles. The lowest BCUT2D eigenvalue weighted by Gasteiger charge is -2.23. The van der Waals surface area contributed by atoms with Crippen LogP contribution in [0.2, 0.25) is 0 Å². The summed E-state index contributed by atoms with van der Waals surface area (Å²) in [6.07, 6.45) is 5.29. The second-order valence-corrected chi connectivity index (χ2v) is 11.9. The van der Waals surface area contributed by atoms with Crippen molar-refractivity contribution in [2.45, 2.75) is 76.7 Å². The highest BCUT2D eigenvalue weighted by atomic mass is 32.2. The number of aromatic nitrogens is 2. The number of aryl methyl sites for hydroxylation is 1. The monoisotopic (exact) mass is 508 g/mol. The summed E-state index contributed by atoms with van der Waals surface area (Å²) in [6, 6.07) is 14.6. The number of imidazole rings is 1. The Morgan fingerprint density at radius 3 is 2.56 bits per heavy atom. The third kappa shape index (κ3) is 6.62. The highest BCUT2D eigenvalue weighted by Crippen LogP contribution is 2.33. The largest absolute Gasteiger partial charge is 0.381 e. The van der Waals surface area contributed by atoms with E-state index in [0.717, 1.165) is 53.3 Å². The summed E-state index contributed by atoms with van der Waals surface area (Å²) in [5, 5.41) is 2.90. The van der Waals surface area contributed by atoms with Gasteiger partial charge in [-0.2, -0.15) is 0 Å². The Bertz CT molecular complexity index is 1160. The van der Waals surface area contributed by atoms with E-state index in [2.05, 4.69) is 60.2 Å². The van der Waals surface area contributed by atoms with E-state index < -0.39 is 0 Å². The van der Waals surface area contributed by atoms with E-state index in [9.17, 15) is 4.79 Å². The van der Waals surface area contributed by atoms with E-state index >= 15 is 0 Å². The number of ether oxygens (including phenoxy) is 1. The fourth-order valence-corrected chi connectivity index (χ4v) is 5.54. The van der Waals surface area contributed by atoms with Gasteiger partial charge in [0, 0.05) is 54.9 Å². The topological polar surface area (TPSA) is 59.4 Å². The summed E-state index contributed by atoms with van der Waals surface area (Å²) in [6.45, 7) is 11.4. The van der Waals surface area contributed by atoms with Gasteiger partial charge in [-0.15, -0.1) is 0 Å². The summed E-state index contributed by atoms with van der Waals surface area (Å²) < 4.78 is 10.1. The van der Waals surface area contributed by atoms with Gasteiger partial charge in [-0.05, 0) is 86.0 Å². The Labute approximate surface area is 219 Å². The molecule has 1 fully saturated rings. The molecule has 1 N–H and O–H groups in total. The van der Waals surface area contributed by atoms with Gasteiger partial charge in [0.05, 0.1) is 11.0 Å². The normalized spacial score (nSPS) is 14.8. The fourth-order valence-electron chi connectivity index (χ4n) is 4.75. The van der Waals surface area contributed by atoms with Gasteiger partial charge in [0.15, 0.2) is 0 Å². The average molecular weight is 509 g/mol. The van der Waals surface area contributed by atoms with Gasteiger partial charge in [-0.25, -0.2) is 4.98 Å². The molecule has 6 nitrogen and oxygen atoms in total. The first kappa shape index (κ1) is 26.6. The predicted octanol–water partition coefficient (Wildman–Crippen LogP) is 7.03. The number of fused-ring (bicyclic) bond motifs is 1. The van der Waals surface area contributed by atoms with Crippen molar-refractivity contribution in [3.8, 4) is 0 Å². The standard InChI is InChI=1S/C29H40N4O2S/c1-6-27(34)30-22-9-12-24(13-10-22)36-32(5)23-11-14-26-25(20-23)31-28(29(2,3)4)33(26)17-7-8-21-15-18-35-19-16-21/h9-14,20-21H,6-8,15-19H2,1-5H3,(H,30,34). The third-order valence-corrected chi connectivity index (χ3v) is 7.77. The van der Waals surface area contributed by atoms with Crippen molar-refractivity contribution < 1.29 is 9.53 Å². The zero-order valence-electron chi connectivity index (χ0n) is 22.3. The number of hydrogen-bond acceptors (Lipinski definition) is 5. The highest BCUT2D eigenvalue weighted by molar-refractivity contribution is 8.00. The first-order valence-electron chi connectivity index (χ1n) is 13.1. The van der Waals surface area contributed by atoms with Crippen LogP contribution < -0.4 is 9.62 Å². The number of carbonyl (C=O) groups excluding carboxylic acids is 1. The Balaban J connectivity index is 1.48. The van der Waals surface area contributed by atoms with Crippen molar-refractivity contribution in [3.63, 3.8) is 0 Å². The van der Waals surface area contributed by atoms with Crippen LogP contribution in [-0.4, -0.2) is 35.7 Å². The number of nitrogens with zero attached hydrogens (tertiary/aromatic N) is 3. The molecule has 1 aliphatic rings. The molecule has 36 heavy (non-hydrogen) atoms. The van der Waals surface area contributed by atoms with Crippen molar-refractivity contribution in [1.82, 2.24) is 9.55 Å². The van der Waals surface area contributed by atoms with Gasteiger partial charge >= 0.3 is 0 Å². The molecule has 2 aromatic carbocycles. The molecule has 1 amide bonds. The third-order valence-electron chi connectivity index (χ3n) is 6.80. The zero-order valence-corrected chi connectivity index (χ0v) is 23.2. The van der Waals surface area contributed by atoms with Gasteiger partial charge in [-0.3, -0.25) is 4.79 Å². The summed E-state index contributed by atoms with van der Waals surface area (Å²) in [4.78, 5) is 17.8. The van der Waals surface area contributed by atoms with Crippen LogP contribution in [0.25, 0.3) is 11.0 Å². The fraction of sp³-hybridized carbons (Fsp3) is 0.517. The van der Waals surface area contributed by atoms with Gasteiger partial charge in [0.1, 0.15) is 5.82 Å². The minimum Gasteiger partial charge on any atom is -0.381 e. The number of hydrogen-bond donors (Lipinski definition) is 1. The van der Waals surface area contributed by atoms with Crippen LogP contribution in [0, 0.1) is 5.92 Å². The molecule has 3 aromatic rings. The molecular weight excluding hydrogens is 468 g/mol. The Hall–Kier alpha value is -2.51. The maximum atomic E-state index is 11.6. The summed E-state index contributed by atoms with van der Waals surface area (Å²) in [5.41, 5.74) is 4.18. The number of nitrogens with one attached hydrogen (secondary N) is 1. The molecule has 0 atom stereocenters. The van der Waals surface area contributed by atoms with Gasteiger partial charge in [-0.1, -0.05) is 27.7 Å². The van der Waals surface area contributed by atoms with Crippen LogP contribution in [-0.2, 0) is 21.5 Å². The number of rotatable bonds is 9. The lowest BCUT2D eigenvalue weighted by atomic mass is 9.94. The second-order valence-electron chi connectivity index (χ2n) is 10.7. The molecule has 0 radical (unpaired) electrons. The van der Waals surface area contributed by atoms with Gasteiger partial charge < -0.3 is 18.9 Å². The molecule has 4 rings (SSSR count). The van der Waals surface area contributed by atoms with E-state index in [4.69, 9.17) is 9.72 Å². The Morgan fingerprint density at radius 1 is 1.17 bits per heavy atom. The Morgan fingerprint density at radius 2 is 1.89 bits per heavy atom. The first-order valence-corrected chi connectivity index (χ1v) is 13.9. The number of carbonyl (C=O) groups is 1. The van der Waals surface area contributed by atoms with Gasteiger partial charge in [0.25, 0.3) is 0 Å². The number of amides is 1. The minimum absolute atomic E-state index is 0.0204. The molecule has 0 bridgehead atoms. The summed E-state index contributed by atoms with van der Waals surface area (Å²) in [5.74, 6) is 1.97. The summed E-state index contributed by atoms with van der Waals surface area (Å²) >= 11 is 1.66. The molecule has 1 saturated heterocycles. The molecule has 0 unspecified atom stereocenters. The van der Waals surface area contributed by atoms with Crippen LogP contribution in [0.3, 0.4) is 0 Å². The number of benzene rings is 2. The van der Waals surface area contributed by atoms with E-state index in [1.54, 1.807) is 11.9 Å². The smallest absolute Gasteiger partial charge is 0.224 e. The van der Waals surface area contributed by atoms with Crippen LogP contribution >= 0.6 is 11.9 Å². The van der Waals surface area contributed by atoms with Gasteiger partial charge in [0.2, 0.25) is 5.91 Å². The molecule has 0 saturated carbocycles. The molecule has 1 aromatic heterocycles. The van der Waals surface area contributed by atoms with Crippen molar-refractivity contribution in [1.29, 1.82) is 0 Å². The van der Waals surface area contributed by atoms with Crippen LogP contribution in [0.5, 0.6) is 0 Å². The first-order chi connectivity index (χ1) is 17.2. The molecule has 194 valence electrons. The van der Waals surface area contributed by atoms with Crippen molar-refractivity contribution in [2.24, 2.45) is 5.92 Å². The predicted molar refractivity (Wildman–Crippen MR) is 151 cm³/mol. The molecule has 1 aliphatic heterocycles. The van der Waals surface area contributed by atoms with Crippen molar-refractivity contribution in [3.05, 3.63) is 48.3 Å². The average Bonchev–Trinajstić information content (AvgIpc) is 3.24. The molecule has 7 heteroatoms. The molecular formula is C29H40N4O2S. The lowest BCUT2D eigenvalue weighted by molar-refractivity contribution is -0.115. The van der Waals surface area contributed by atoms with Crippen LogP contribution in [0.4, 0.5) is 11.4 Å². The second kappa shape index (κ2) is 11.7. The molecule has 0 spiro atoms. The SMILES string of the molecule is CCC(=O)Nc1ccc(SN(C)c2ccc3c(c2)nc(C(C)(C)C)n3CCCC2CCOCC2)cc1.